The van der Waals surface area contributed by atoms with Gasteiger partial charge in [-0.1, -0.05) is 61.8 Å². The van der Waals surface area contributed by atoms with E-state index >= 15 is 0 Å². The fourth-order valence-corrected chi connectivity index (χ4v) is 11.7. The number of aliphatic carboxylic acids is 4. The molecule has 0 saturated carbocycles. The molecule has 650 valence electrons. The molecule has 0 saturated heterocycles. The third-order valence-electron chi connectivity index (χ3n) is 17.9. The molecule has 115 heavy (non-hydrogen) atoms. The van der Waals surface area contributed by atoms with Gasteiger partial charge in [-0.2, -0.15) is 0 Å². The third-order valence-corrected chi connectivity index (χ3v) is 17.9. The summed E-state index contributed by atoms with van der Waals surface area (Å²) < 4.78 is 0. The Hall–Kier alpha value is -10.7. The molecular formula is C72H125N21O22. The Balaban J connectivity index is 3.84. The van der Waals surface area contributed by atoms with Crippen LogP contribution in [0.4, 0.5) is 0 Å². The van der Waals surface area contributed by atoms with Crippen molar-refractivity contribution >= 4 is 107 Å². The SMILES string of the molecule is CC[C@H](C)[C@H](NC(=O)[C@H](CCCCN)NC(=O)[C@H](Cc1cnc[nH]1)NC(=O)[C@H](CCCCN)NC(=O)[C@H](CCC(=O)O)NC(C)=O)C(=O)N[C@@H](CC(C)C)C(=O)N[C@@H](CCCCN)C(=O)N[C@@H](CCCN=C(N)N)C(=O)N[C@@H](CC(C)C)C(=O)N[C@@H](CC(C)C)C(=O)N[C@@H](CC(=O)O)C(=O)N[C@@H](CC(=O)O)C(=O)N[C@@H](CO)C(=O)O. The Morgan fingerprint density at radius 1 is 0.409 bits per heavy atom. The van der Waals surface area contributed by atoms with Gasteiger partial charge in [0.25, 0.3) is 0 Å². The number of aliphatic hydroxyl groups is 1. The van der Waals surface area contributed by atoms with E-state index in [1.165, 1.54) is 12.5 Å². The zero-order valence-electron chi connectivity index (χ0n) is 67.1. The van der Waals surface area contributed by atoms with Gasteiger partial charge in [0.05, 0.1) is 25.8 Å². The first kappa shape index (κ1) is 102. The number of amides is 13. The molecular weight excluding hydrogens is 1510 g/mol. The topological polar surface area (TPSA) is 719 Å². The van der Waals surface area contributed by atoms with Crippen molar-refractivity contribution in [3.05, 3.63) is 18.2 Å². The molecule has 13 amide bonds. The number of aromatic amines is 1. The summed E-state index contributed by atoms with van der Waals surface area (Å²) in [6, 6.07) is -20.5. The zero-order chi connectivity index (χ0) is 87.2. The lowest BCUT2D eigenvalue weighted by molar-refractivity contribution is -0.145. The van der Waals surface area contributed by atoms with Crippen LogP contribution in [0.3, 0.4) is 0 Å². The maximum atomic E-state index is 14.8. The van der Waals surface area contributed by atoms with Crippen molar-refractivity contribution in [2.75, 3.05) is 32.8 Å². The fraction of sp³-hybridized carbons (Fsp3) is 0.708. The number of rotatable bonds is 60. The summed E-state index contributed by atoms with van der Waals surface area (Å²) in [7, 11) is 0. The number of nitrogens with two attached hydrogens (primary N) is 5. The largest absolute Gasteiger partial charge is 0.481 e. The van der Waals surface area contributed by atoms with Gasteiger partial charge in [-0.15, -0.1) is 0 Å². The molecule has 0 aliphatic carbocycles. The first-order valence-corrected chi connectivity index (χ1v) is 38.7. The Morgan fingerprint density at radius 3 is 1.05 bits per heavy atom. The van der Waals surface area contributed by atoms with Gasteiger partial charge in [0.2, 0.25) is 76.8 Å². The minimum Gasteiger partial charge on any atom is -0.481 e. The van der Waals surface area contributed by atoms with Crippen LogP contribution in [0.15, 0.2) is 17.5 Å². The van der Waals surface area contributed by atoms with Crippen molar-refractivity contribution in [1.29, 1.82) is 0 Å². The number of nitrogens with zero attached hydrogens (tertiary/aromatic N) is 2. The second kappa shape index (κ2) is 54.9. The first-order valence-electron chi connectivity index (χ1n) is 38.7. The van der Waals surface area contributed by atoms with Crippen LogP contribution in [-0.4, -0.2) is 253 Å². The zero-order valence-corrected chi connectivity index (χ0v) is 67.1. The van der Waals surface area contributed by atoms with Crippen LogP contribution in [0.1, 0.15) is 190 Å². The van der Waals surface area contributed by atoms with Crippen molar-refractivity contribution in [3.63, 3.8) is 0 Å². The molecule has 0 aromatic carbocycles. The van der Waals surface area contributed by atoms with Crippen molar-refractivity contribution in [3.8, 4) is 0 Å². The van der Waals surface area contributed by atoms with Gasteiger partial charge in [0.15, 0.2) is 5.96 Å². The number of carboxylic acid groups (broad SMARTS) is 4. The standard InChI is InChI=1S/C72H125N21O22/c1-10-40(8)58(93-63(106)45(20-13-16-26-75)85-67(110)51(31-42-34-78-36-80-42)88-60(103)44(19-12-15-25-74)82-62(105)47(81-41(9)95)22-23-55(96)97)70(113)91-50(30-39(6)7)64(107)84-43(18-11-14-24-73)59(102)83-46(21-17-27-79-72(76)77)61(104)86-48(28-37(2)3)65(108)87-49(29-38(4)5)66(109)89-52(32-56(98)99)68(111)90-53(33-57(100)101)69(112)92-54(35-94)71(114)115/h34,36-40,43-54,58,94H,10-33,35,73-75H2,1-9H3,(H,78,80)(H,81,95)(H,82,105)(H,83,102)(H,84,107)(H,85,110)(H,86,104)(H,87,108)(H,88,103)(H,89,109)(H,90,111)(H,91,113)(H,92,112)(H,93,106)(H,96,97)(H,98,99)(H,100,101)(H,114,115)(H4,76,77,79)/t40-,43-,44-,45-,46-,47-,48-,49-,50-,51-,52-,53-,54-,58-/m0/s1. The Bertz CT molecular complexity index is 3380. The summed E-state index contributed by atoms with van der Waals surface area (Å²) in [5.74, 6) is -21.1. The minimum absolute atomic E-state index is 0.00983. The molecule has 0 bridgehead atoms. The lowest BCUT2D eigenvalue weighted by Gasteiger charge is -2.30. The van der Waals surface area contributed by atoms with Gasteiger partial charge in [-0.25, -0.2) is 9.78 Å². The smallest absolute Gasteiger partial charge is 0.328 e. The molecule has 29 N–H and O–H groups in total. The Kier molecular flexibility index (Phi) is 48.9. The van der Waals surface area contributed by atoms with E-state index in [2.05, 4.69) is 73.4 Å². The molecule has 1 heterocycles. The van der Waals surface area contributed by atoms with Crippen LogP contribution in [0.2, 0.25) is 0 Å². The minimum atomic E-state index is -2.06. The van der Waals surface area contributed by atoms with E-state index in [-0.39, 0.29) is 127 Å². The number of aliphatic imine (C=N–C) groups is 1. The van der Waals surface area contributed by atoms with Crippen LogP contribution in [0.25, 0.3) is 0 Å². The number of hydrogen-bond donors (Lipinski definition) is 24. The summed E-state index contributed by atoms with van der Waals surface area (Å²) in [6.45, 7) is 14.1. The normalized spacial score (nSPS) is 14.9. The predicted octanol–water partition coefficient (Wildman–Crippen LogP) is -5.21. The van der Waals surface area contributed by atoms with E-state index in [1.807, 2.05) is 10.6 Å². The molecule has 1 rings (SSSR count). The average molecular weight is 1640 g/mol. The van der Waals surface area contributed by atoms with Crippen LogP contribution in [0, 0.1) is 23.7 Å². The monoisotopic (exact) mass is 1640 g/mol. The van der Waals surface area contributed by atoms with Gasteiger partial charge >= 0.3 is 23.9 Å². The summed E-state index contributed by atoms with van der Waals surface area (Å²) in [6.07, 6.45) is 0.895. The van der Waals surface area contributed by atoms with E-state index in [0.717, 1.165) is 6.92 Å². The van der Waals surface area contributed by atoms with Crippen molar-refractivity contribution < 1.29 is 107 Å². The predicted molar refractivity (Wildman–Crippen MR) is 416 cm³/mol. The van der Waals surface area contributed by atoms with Crippen molar-refractivity contribution in [1.82, 2.24) is 79.1 Å². The van der Waals surface area contributed by atoms with Crippen molar-refractivity contribution in [2.45, 2.75) is 269 Å². The number of aromatic nitrogens is 2. The summed E-state index contributed by atoms with van der Waals surface area (Å²) in [5.41, 5.74) is 29.0. The molecule has 1 aromatic heterocycles. The maximum Gasteiger partial charge on any atom is 0.328 e. The van der Waals surface area contributed by atoms with Gasteiger partial charge < -0.3 is 128 Å². The molecule has 14 atom stereocenters. The van der Waals surface area contributed by atoms with Gasteiger partial charge in [0.1, 0.15) is 78.5 Å². The highest BCUT2D eigenvalue weighted by molar-refractivity contribution is 6.01. The number of carboxylic acids is 4. The Morgan fingerprint density at radius 2 is 0.730 bits per heavy atom. The van der Waals surface area contributed by atoms with Crippen LogP contribution in [-0.2, 0) is 87.9 Å². The first-order chi connectivity index (χ1) is 54.1. The highest BCUT2D eigenvalue weighted by atomic mass is 16.4. The number of unbranched alkanes of at least 4 members (excludes halogenated alkanes) is 3. The van der Waals surface area contributed by atoms with Gasteiger partial charge in [-0.05, 0) is 140 Å². The molecule has 0 fully saturated rings. The van der Waals surface area contributed by atoms with Gasteiger partial charge in [0, 0.05) is 38.2 Å². The highest BCUT2D eigenvalue weighted by Gasteiger charge is 2.40. The fourth-order valence-electron chi connectivity index (χ4n) is 11.7. The number of hydrogen-bond acceptors (Lipinski definition) is 23. The van der Waals surface area contributed by atoms with E-state index in [0.29, 0.717) is 31.4 Å². The molecule has 0 radical (unpaired) electrons. The lowest BCUT2D eigenvalue weighted by Crippen LogP contribution is -2.61. The molecule has 0 spiro atoms. The summed E-state index contributed by atoms with van der Waals surface area (Å²) in [5, 5.41) is 79.9. The van der Waals surface area contributed by atoms with Crippen LogP contribution >= 0.6 is 0 Å². The molecule has 0 unspecified atom stereocenters. The molecule has 1 aromatic rings. The van der Waals surface area contributed by atoms with Crippen LogP contribution in [0.5, 0.6) is 0 Å². The number of nitrogens with one attached hydrogen (secondary N) is 14. The molecule has 0 aliphatic heterocycles. The lowest BCUT2D eigenvalue weighted by atomic mass is 9.95. The molecule has 0 aliphatic rings. The second-order valence-corrected chi connectivity index (χ2v) is 29.4. The number of H-pyrrole nitrogens is 1. The molecule has 43 nitrogen and oxygen atoms in total. The quantitative estimate of drug-likeness (QED) is 0.0165. The van der Waals surface area contributed by atoms with E-state index in [4.69, 9.17) is 28.7 Å². The maximum absolute atomic E-state index is 14.8. The van der Waals surface area contributed by atoms with Gasteiger partial charge in [-0.3, -0.25) is 81.7 Å². The van der Waals surface area contributed by atoms with E-state index in [1.54, 1.807) is 55.4 Å². The van der Waals surface area contributed by atoms with E-state index in [9.17, 15) is 107 Å². The number of carbonyl (C=O) groups excluding carboxylic acids is 13. The van der Waals surface area contributed by atoms with Crippen LogP contribution < -0.4 is 97.8 Å². The van der Waals surface area contributed by atoms with Crippen molar-refractivity contribution in [2.24, 2.45) is 57.3 Å². The number of carbonyl (C=O) groups is 17. The number of imidazole rings is 1. The number of aliphatic hydroxyl groups excluding tert-OH is 1. The number of guanidine groups is 1. The second-order valence-electron chi connectivity index (χ2n) is 29.4. The van der Waals surface area contributed by atoms with E-state index < -0.39 is 217 Å². The molecule has 43 heteroatoms. The summed E-state index contributed by atoms with van der Waals surface area (Å²) in [4.78, 5) is 242. The average Bonchev–Trinajstić information content (AvgIpc) is 1.29. The summed E-state index contributed by atoms with van der Waals surface area (Å²) >= 11 is 0. The highest BCUT2D eigenvalue weighted by Crippen LogP contribution is 2.17. The third kappa shape index (κ3) is 41.8. The Labute approximate surface area is 668 Å².